The van der Waals surface area contributed by atoms with Gasteiger partial charge in [-0.15, -0.1) is 0 Å². The third-order valence-corrected chi connectivity index (χ3v) is 3.49. The van der Waals surface area contributed by atoms with Gasteiger partial charge in [0, 0.05) is 18.3 Å². The molecule has 0 unspecified atom stereocenters. The molecule has 2 heterocycles. The van der Waals surface area contributed by atoms with Crippen LogP contribution < -0.4 is 5.32 Å². The van der Waals surface area contributed by atoms with Gasteiger partial charge in [0.15, 0.2) is 5.76 Å². The molecule has 0 aliphatic carbocycles. The summed E-state index contributed by atoms with van der Waals surface area (Å²) in [5.41, 5.74) is 2.39. The van der Waals surface area contributed by atoms with Gasteiger partial charge in [0.25, 0.3) is 5.91 Å². The third kappa shape index (κ3) is 3.45. The van der Waals surface area contributed by atoms with E-state index in [1.54, 1.807) is 37.6 Å². The molecule has 3 rings (SSSR count). The second-order valence-corrected chi connectivity index (χ2v) is 5.18. The number of aromatic nitrogens is 1. The average molecular weight is 310 g/mol. The van der Waals surface area contributed by atoms with Crippen molar-refractivity contribution in [3.63, 3.8) is 0 Å². The molecule has 1 N–H and O–H groups in total. The molecule has 0 radical (unpaired) electrons. The minimum Gasteiger partial charge on any atom is -0.463 e. The van der Waals surface area contributed by atoms with Crippen molar-refractivity contribution in [3.8, 4) is 11.5 Å². The van der Waals surface area contributed by atoms with Crippen molar-refractivity contribution in [2.75, 3.05) is 0 Å². The van der Waals surface area contributed by atoms with Crippen LogP contribution >= 0.6 is 0 Å². The van der Waals surface area contributed by atoms with Crippen LogP contribution in [0, 0.1) is 12.7 Å². The molecule has 1 aromatic carbocycles. The molecule has 3 aromatic rings. The first-order valence-electron chi connectivity index (χ1n) is 7.16. The normalized spacial score (nSPS) is 10.5. The largest absolute Gasteiger partial charge is 0.463 e. The highest BCUT2D eigenvalue weighted by Gasteiger charge is 2.08. The zero-order valence-corrected chi connectivity index (χ0v) is 12.5. The summed E-state index contributed by atoms with van der Waals surface area (Å²) in [6.45, 7) is 1.98. The lowest BCUT2D eigenvalue weighted by molar-refractivity contribution is 0.0950. The van der Waals surface area contributed by atoms with E-state index in [1.165, 1.54) is 6.07 Å². The lowest BCUT2D eigenvalue weighted by Crippen LogP contribution is -2.23. The van der Waals surface area contributed by atoms with E-state index in [2.05, 4.69) is 10.3 Å². The van der Waals surface area contributed by atoms with Gasteiger partial charge in [0.05, 0.1) is 6.26 Å². The Kier molecular flexibility index (Phi) is 4.19. The molecule has 4 nitrogen and oxygen atoms in total. The smallest absolute Gasteiger partial charge is 0.251 e. The summed E-state index contributed by atoms with van der Waals surface area (Å²) in [5, 5.41) is 2.75. The van der Waals surface area contributed by atoms with Gasteiger partial charge in [-0.25, -0.2) is 4.39 Å². The lowest BCUT2D eigenvalue weighted by atomic mass is 10.1. The Labute approximate surface area is 133 Å². The molecule has 0 fully saturated rings. The highest BCUT2D eigenvalue weighted by Crippen LogP contribution is 2.17. The van der Waals surface area contributed by atoms with Crippen molar-refractivity contribution in [1.29, 1.82) is 0 Å². The second-order valence-electron chi connectivity index (χ2n) is 5.18. The van der Waals surface area contributed by atoms with Crippen LogP contribution in [0.1, 0.15) is 21.5 Å². The van der Waals surface area contributed by atoms with Crippen molar-refractivity contribution in [2.45, 2.75) is 13.5 Å². The molecule has 0 aliphatic heterocycles. The highest BCUT2D eigenvalue weighted by molar-refractivity contribution is 5.94. The van der Waals surface area contributed by atoms with E-state index in [-0.39, 0.29) is 11.7 Å². The fourth-order valence-electron chi connectivity index (χ4n) is 2.12. The first-order chi connectivity index (χ1) is 11.1. The van der Waals surface area contributed by atoms with Gasteiger partial charge in [-0.2, -0.15) is 0 Å². The molecule has 0 bridgehead atoms. The topological polar surface area (TPSA) is 55.1 Å². The Morgan fingerprint density at radius 2 is 2.13 bits per heavy atom. The number of rotatable bonds is 4. The number of benzene rings is 1. The minimum absolute atomic E-state index is 0.299. The maximum absolute atomic E-state index is 13.5. The van der Waals surface area contributed by atoms with E-state index in [0.29, 0.717) is 23.4 Å². The van der Waals surface area contributed by atoms with E-state index in [9.17, 15) is 9.18 Å². The number of furan rings is 1. The number of hydrogen-bond acceptors (Lipinski definition) is 3. The second kappa shape index (κ2) is 6.44. The SMILES string of the molecule is Cc1ccc(C(=O)NCc2ccc(-c3ccco3)nc2)cc1F. The minimum atomic E-state index is -0.387. The van der Waals surface area contributed by atoms with Gasteiger partial charge in [0.2, 0.25) is 0 Å². The van der Waals surface area contributed by atoms with E-state index >= 15 is 0 Å². The number of carbonyl (C=O) groups excluding carboxylic acids is 1. The number of hydrogen-bond donors (Lipinski definition) is 1. The Morgan fingerprint density at radius 3 is 2.78 bits per heavy atom. The maximum atomic E-state index is 13.5. The summed E-state index contributed by atoms with van der Waals surface area (Å²) in [5.74, 6) is -0.0168. The van der Waals surface area contributed by atoms with E-state index in [1.807, 2.05) is 18.2 Å². The number of pyridine rings is 1. The van der Waals surface area contributed by atoms with Crippen molar-refractivity contribution in [3.05, 3.63) is 77.4 Å². The van der Waals surface area contributed by atoms with E-state index in [4.69, 9.17) is 4.42 Å². The maximum Gasteiger partial charge on any atom is 0.251 e. The van der Waals surface area contributed by atoms with Gasteiger partial charge in [-0.3, -0.25) is 9.78 Å². The predicted octanol–water partition coefficient (Wildman–Crippen LogP) is 3.72. The molecule has 1 amide bonds. The summed E-state index contributed by atoms with van der Waals surface area (Å²) in [6.07, 6.45) is 3.26. The Bertz CT molecular complexity index is 812. The van der Waals surface area contributed by atoms with Crippen LogP contribution in [0.25, 0.3) is 11.5 Å². The molecule has 5 heteroatoms. The van der Waals surface area contributed by atoms with Crippen LogP contribution in [0.2, 0.25) is 0 Å². The Hall–Kier alpha value is -2.95. The molecule has 2 aromatic heterocycles. The molecule has 0 atom stereocenters. The van der Waals surface area contributed by atoms with E-state index in [0.717, 1.165) is 11.3 Å². The summed E-state index contributed by atoms with van der Waals surface area (Å²) < 4.78 is 18.8. The first kappa shape index (κ1) is 15.0. The van der Waals surface area contributed by atoms with E-state index < -0.39 is 0 Å². The number of nitrogens with zero attached hydrogens (tertiary/aromatic N) is 1. The van der Waals surface area contributed by atoms with Crippen LogP contribution in [-0.4, -0.2) is 10.9 Å². The fourth-order valence-corrected chi connectivity index (χ4v) is 2.12. The van der Waals surface area contributed by atoms with Crippen molar-refractivity contribution in [1.82, 2.24) is 10.3 Å². The van der Waals surface area contributed by atoms with Crippen molar-refractivity contribution in [2.24, 2.45) is 0 Å². The van der Waals surface area contributed by atoms with Crippen molar-refractivity contribution < 1.29 is 13.6 Å². The van der Waals surface area contributed by atoms with Crippen molar-refractivity contribution >= 4 is 5.91 Å². The number of carbonyl (C=O) groups is 1. The lowest BCUT2D eigenvalue weighted by Gasteiger charge is -2.06. The number of nitrogens with one attached hydrogen (secondary N) is 1. The molecule has 0 spiro atoms. The number of amides is 1. The Balaban J connectivity index is 1.63. The molecular formula is C18H15FN2O2. The fraction of sp³-hybridized carbons (Fsp3) is 0.111. The van der Waals surface area contributed by atoms with Crippen LogP contribution in [0.4, 0.5) is 4.39 Å². The van der Waals surface area contributed by atoms with Crippen LogP contribution in [0.15, 0.2) is 59.3 Å². The van der Waals surface area contributed by atoms with Crippen LogP contribution in [0.5, 0.6) is 0 Å². The van der Waals surface area contributed by atoms with Crippen LogP contribution in [0.3, 0.4) is 0 Å². The van der Waals surface area contributed by atoms with Crippen LogP contribution in [-0.2, 0) is 6.54 Å². The molecule has 0 saturated carbocycles. The molecule has 116 valence electrons. The molecular weight excluding hydrogens is 295 g/mol. The number of aryl methyl sites for hydroxylation is 1. The molecule has 0 saturated heterocycles. The van der Waals surface area contributed by atoms with Gasteiger partial charge in [-0.1, -0.05) is 12.1 Å². The summed E-state index contributed by atoms with van der Waals surface area (Å²) in [4.78, 5) is 16.3. The highest BCUT2D eigenvalue weighted by atomic mass is 19.1. The zero-order valence-electron chi connectivity index (χ0n) is 12.5. The third-order valence-electron chi connectivity index (χ3n) is 3.49. The summed E-state index contributed by atoms with van der Waals surface area (Å²) >= 11 is 0. The monoisotopic (exact) mass is 310 g/mol. The van der Waals surface area contributed by atoms with Gasteiger partial charge < -0.3 is 9.73 Å². The molecule has 0 aliphatic rings. The van der Waals surface area contributed by atoms with Gasteiger partial charge in [-0.05, 0) is 48.4 Å². The average Bonchev–Trinajstić information content (AvgIpc) is 3.10. The number of halogens is 1. The quantitative estimate of drug-likeness (QED) is 0.799. The Morgan fingerprint density at radius 1 is 1.26 bits per heavy atom. The summed E-state index contributed by atoms with van der Waals surface area (Å²) in [7, 11) is 0. The van der Waals surface area contributed by atoms with Gasteiger partial charge in [0.1, 0.15) is 11.5 Å². The molecule has 23 heavy (non-hydrogen) atoms. The van der Waals surface area contributed by atoms with Gasteiger partial charge >= 0.3 is 0 Å². The first-order valence-corrected chi connectivity index (χ1v) is 7.16. The standard InChI is InChI=1S/C18H15FN2O2/c1-12-4-6-14(9-15(12)19)18(22)21-11-13-5-7-16(20-10-13)17-3-2-8-23-17/h2-10H,11H2,1H3,(H,21,22). The summed E-state index contributed by atoms with van der Waals surface area (Å²) in [6, 6.07) is 11.7. The predicted molar refractivity (Wildman–Crippen MR) is 84.2 cm³/mol. The zero-order chi connectivity index (χ0) is 16.2.